The van der Waals surface area contributed by atoms with Crippen LogP contribution in [0.2, 0.25) is 0 Å². The molecule has 0 aliphatic carbocycles. The summed E-state index contributed by atoms with van der Waals surface area (Å²) in [5.74, 6) is -0.217. The third kappa shape index (κ3) is 4.65. The zero-order valence-corrected chi connectivity index (χ0v) is 11.5. The number of hydrogen-bond acceptors (Lipinski definition) is 2. The zero-order chi connectivity index (χ0) is 13.4. The largest absolute Gasteiger partial charge is 0.376 e. The van der Waals surface area contributed by atoms with Crippen molar-refractivity contribution in [1.29, 1.82) is 0 Å². The summed E-state index contributed by atoms with van der Waals surface area (Å²) >= 11 is 0. The first-order valence-corrected chi connectivity index (χ1v) is 6.84. The molecule has 0 amide bonds. The van der Waals surface area contributed by atoms with E-state index in [2.05, 4.69) is 19.2 Å². The smallest absolute Gasteiger partial charge is 0.146 e. The molecule has 18 heavy (non-hydrogen) atoms. The van der Waals surface area contributed by atoms with Gasteiger partial charge in [-0.05, 0) is 25.5 Å². The van der Waals surface area contributed by atoms with Crippen LogP contribution < -0.4 is 11.1 Å². The maximum absolute atomic E-state index is 13.6. The molecule has 0 aromatic heterocycles. The van der Waals surface area contributed by atoms with E-state index in [4.69, 9.17) is 5.73 Å². The van der Waals surface area contributed by atoms with Crippen LogP contribution >= 0.6 is 0 Å². The van der Waals surface area contributed by atoms with E-state index < -0.39 is 0 Å². The molecule has 1 rings (SSSR count). The van der Waals surface area contributed by atoms with Gasteiger partial charge in [0.25, 0.3) is 0 Å². The van der Waals surface area contributed by atoms with Gasteiger partial charge in [-0.3, -0.25) is 0 Å². The van der Waals surface area contributed by atoms with Gasteiger partial charge in [-0.1, -0.05) is 44.7 Å². The molecule has 0 saturated carbocycles. The molecule has 3 heteroatoms. The van der Waals surface area contributed by atoms with E-state index >= 15 is 0 Å². The number of rotatable bonds is 8. The second-order valence-electron chi connectivity index (χ2n) is 5.18. The fourth-order valence-electron chi connectivity index (χ4n) is 2.05. The molecule has 1 aromatic carbocycles. The van der Waals surface area contributed by atoms with E-state index in [1.165, 1.54) is 25.3 Å². The highest BCUT2D eigenvalue weighted by Gasteiger charge is 2.22. The van der Waals surface area contributed by atoms with Gasteiger partial charge >= 0.3 is 0 Å². The molecular weight excluding hydrogens is 227 g/mol. The summed E-state index contributed by atoms with van der Waals surface area (Å²) in [6.07, 6.45) is 5.78. The number of nitrogens with two attached hydrogens (primary N) is 1. The summed E-state index contributed by atoms with van der Waals surface area (Å²) in [5, 5.41) is 3.25. The van der Waals surface area contributed by atoms with Gasteiger partial charge in [0, 0.05) is 12.1 Å². The van der Waals surface area contributed by atoms with Gasteiger partial charge < -0.3 is 11.1 Å². The predicted molar refractivity (Wildman–Crippen MR) is 76.2 cm³/mol. The monoisotopic (exact) mass is 252 g/mol. The average Bonchev–Trinajstić information content (AvgIpc) is 2.38. The number of anilines is 1. The second-order valence-corrected chi connectivity index (χ2v) is 5.18. The van der Waals surface area contributed by atoms with Crippen molar-refractivity contribution in [1.82, 2.24) is 0 Å². The topological polar surface area (TPSA) is 38.0 Å². The lowest BCUT2D eigenvalue weighted by molar-refractivity contribution is 0.448. The summed E-state index contributed by atoms with van der Waals surface area (Å²) in [4.78, 5) is 0. The second kappa shape index (κ2) is 7.37. The van der Waals surface area contributed by atoms with Crippen LogP contribution in [0.5, 0.6) is 0 Å². The van der Waals surface area contributed by atoms with Crippen LogP contribution in [0, 0.1) is 5.82 Å². The molecule has 0 aliphatic rings. The number of nitrogens with one attached hydrogen (secondary N) is 1. The van der Waals surface area contributed by atoms with Gasteiger partial charge in [0.05, 0.1) is 5.69 Å². The third-order valence-electron chi connectivity index (χ3n) is 3.34. The first kappa shape index (κ1) is 15.0. The van der Waals surface area contributed by atoms with Crippen LogP contribution in [0.25, 0.3) is 0 Å². The van der Waals surface area contributed by atoms with Gasteiger partial charge in [-0.25, -0.2) is 4.39 Å². The summed E-state index contributed by atoms with van der Waals surface area (Å²) in [6.45, 7) is 4.76. The Morgan fingerprint density at radius 3 is 2.56 bits per heavy atom. The molecule has 0 spiro atoms. The molecule has 102 valence electrons. The van der Waals surface area contributed by atoms with Gasteiger partial charge in [0.15, 0.2) is 0 Å². The highest BCUT2D eigenvalue weighted by molar-refractivity contribution is 5.46. The van der Waals surface area contributed by atoms with Crippen molar-refractivity contribution in [2.24, 2.45) is 5.73 Å². The van der Waals surface area contributed by atoms with E-state index in [9.17, 15) is 4.39 Å². The van der Waals surface area contributed by atoms with Crippen molar-refractivity contribution >= 4 is 5.69 Å². The Morgan fingerprint density at radius 1 is 1.22 bits per heavy atom. The lowest BCUT2D eigenvalue weighted by atomic mass is 9.93. The zero-order valence-electron chi connectivity index (χ0n) is 11.5. The minimum atomic E-state index is -0.226. The van der Waals surface area contributed by atoms with Crippen LogP contribution in [0.1, 0.15) is 46.0 Å². The molecule has 0 bridgehead atoms. The first-order chi connectivity index (χ1) is 8.61. The predicted octanol–water partition coefficient (Wildman–Crippen LogP) is 3.93. The van der Waals surface area contributed by atoms with Gasteiger partial charge in [-0.2, -0.15) is 0 Å². The van der Waals surface area contributed by atoms with Crippen molar-refractivity contribution in [3.8, 4) is 0 Å². The van der Waals surface area contributed by atoms with E-state index in [-0.39, 0.29) is 11.4 Å². The van der Waals surface area contributed by atoms with Crippen LogP contribution in [-0.2, 0) is 0 Å². The number of hydrogen-bond donors (Lipinski definition) is 2. The average molecular weight is 252 g/mol. The molecule has 0 aliphatic heterocycles. The molecule has 0 heterocycles. The van der Waals surface area contributed by atoms with Crippen molar-refractivity contribution in [2.75, 3.05) is 11.9 Å². The molecule has 1 aromatic rings. The van der Waals surface area contributed by atoms with E-state index in [0.29, 0.717) is 12.2 Å². The molecular formula is C15H25FN2. The fourth-order valence-corrected chi connectivity index (χ4v) is 2.05. The third-order valence-corrected chi connectivity index (χ3v) is 3.34. The van der Waals surface area contributed by atoms with E-state index in [0.717, 1.165) is 12.8 Å². The maximum Gasteiger partial charge on any atom is 0.146 e. The van der Waals surface area contributed by atoms with E-state index in [1.54, 1.807) is 12.1 Å². The Labute approximate surface area is 110 Å². The number of unbranched alkanes of at least 4 members (excludes halogenated alkanes) is 3. The Balaban J connectivity index is 2.56. The number of benzene rings is 1. The summed E-state index contributed by atoms with van der Waals surface area (Å²) < 4.78 is 13.6. The Morgan fingerprint density at radius 2 is 1.94 bits per heavy atom. The standard InChI is InChI=1S/C15H25FN2/c1-3-4-5-8-11-15(2,12-17)18-14-10-7-6-9-13(14)16/h6-7,9-10,18H,3-5,8,11-12,17H2,1-2H3. The van der Waals surface area contributed by atoms with Crippen LogP contribution in [-0.4, -0.2) is 12.1 Å². The van der Waals surface area contributed by atoms with Crippen molar-refractivity contribution in [3.63, 3.8) is 0 Å². The molecule has 1 unspecified atom stereocenters. The fraction of sp³-hybridized carbons (Fsp3) is 0.600. The minimum absolute atomic E-state index is 0.217. The first-order valence-electron chi connectivity index (χ1n) is 6.84. The minimum Gasteiger partial charge on any atom is -0.376 e. The number of para-hydroxylation sites is 1. The van der Waals surface area contributed by atoms with Crippen molar-refractivity contribution in [2.45, 2.75) is 51.5 Å². The Hall–Kier alpha value is -1.09. The van der Waals surface area contributed by atoms with Crippen LogP contribution in [0.15, 0.2) is 24.3 Å². The molecule has 0 radical (unpaired) electrons. The van der Waals surface area contributed by atoms with Gasteiger partial charge in [0.2, 0.25) is 0 Å². The number of halogens is 1. The molecule has 1 atom stereocenters. The Bertz CT molecular complexity index is 354. The van der Waals surface area contributed by atoms with Crippen molar-refractivity contribution in [3.05, 3.63) is 30.1 Å². The quantitative estimate of drug-likeness (QED) is 0.688. The van der Waals surface area contributed by atoms with Crippen LogP contribution in [0.3, 0.4) is 0 Å². The Kier molecular flexibility index (Phi) is 6.13. The van der Waals surface area contributed by atoms with Crippen LogP contribution in [0.4, 0.5) is 10.1 Å². The summed E-state index contributed by atoms with van der Waals surface area (Å²) in [7, 11) is 0. The van der Waals surface area contributed by atoms with E-state index in [1.807, 2.05) is 6.07 Å². The van der Waals surface area contributed by atoms with Gasteiger partial charge in [0.1, 0.15) is 5.82 Å². The van der Waals surface area contributed by atoms with Crippen molar-refractivity contribution < 1.29 is 4.39 Å². The molecule has 2 nitrogen and oxygen atoms in total. The molecule has 3 N–H and O–H groups in total. The molecule has 0 saturated heterocycles. The highest BCUT2D eigenvalue weighted by Crippen LogP contribution is 2.22. The maximum atomic E-state index is 13.6. The lowest BCUT2D eigenvalue weighted by Crippen LogP contribution is -2.42. The lowest BCUT2D eigenvalue weighted by Gasteiger charge is -2.31. The highest BCUT2D eigenvalue weighted by atomic mass is 19.1. The SMILES string of the molecule is CCCCCCC(C)(CN)Nc1ccccc1F. The van der Waals surface area contributed by atoms with Gasteiger partial charge in [-0.15, -0.1) is 0 Å². The molecule has 0 fully saturated rings. The normalized spacial score (nSPS) is 14.2. The summed E-state index contributed by atoms with van der Waals surface area (Å²) in [6, 6.07) is 6.76. The summed E-state index contributed by atoms with van der Waals surface area (Å²) in [5.41, 5.74) is 6.15.